The summed E-state index contributed by atoms with van der Waals surface area (Å²) in [6, 6.07) is 0. The van der Waals surface area contributed by atoms with Gasteiger partial charge in [-0.2, -0.15) is 0 Å². The monoisotopic (exact) mass is 254 g/mol. The van der Waals surface area contributed by atoms with Crippen molar-refractivity contribution in [3.05, 3.63) is 11.1 Å². The van der Waals surface area contributed by atoms with Gasteiger partial charge in [-0.25, -0.2) is 0 Å². The van der Waals surface area contributed by atoms with Crippen LogP contribution in [0.4, 0.5) is 0 Å². The lowest BCUT2D eigenvalue weighted by Crippen LogP contribution is -2.22. The fraction of sp³-hybridized carbons (Fsp3) is 0.857. The molecular weight excluding hydrogens is 228 g/mol. The quantitative estimate of drug-likeness (QED) is 0.582. The Balaban J connectivity index is 2.53. The van der Waals surface area contributed by atoms with Crippen molar-refractivity contribution in [1.29, 1.82) is 0 Å². The largest absolute Gasteiger partial charge is 0.143 e. The van der Waals surface area contributed by atoms with Crippen LogP contribution < -0.4 is 0 Å². The predicted molar refractivity (Wildman–Crippen MR) is 75.5 cm³/mol. The second kappa shape index (κ2) is 7.80. The molecule has 17 heavy (non-hydrogen) atoms. The van der Waals surface area contributed by atoms with Gasteiger partial charge in [0.1, 0.15) is 0 Å². The Morgan fingerprint density at radius 2 is 1.76 bits per heavy atom. The van der Waals surface area contributed by atoms with Crippen LogP contribution in [0.5, 0.6) is 0 Å². The lowest BCUT2D eigenvalue weighted by Gasteiger charge is -2.27. The second-order valence-corrected chi connectivity index (χ2v) is 5.87. The van der Waals surface area contributed by atoms with Gasteiger partial charge in [-0.3, -0.25) is 0 Å². The van der Waals surface area contributed by atoms with E-state index in [1.54, 1.807) is 0 Å². The second-order valence-electron chi connectivity index (χ2n) is 5.27. The van der Waals surface area contributed by atoms with Gasteiger partial charge < -0.3 is 0 Å². The summed E-state index contributed by atoms with van der Waals surface area (Å²) in [5.74, 6) is 0. The van der Waals surface area contributed by atoms with Crippen LogP contribution in [0.2, 0.25) is 0 Å². The summed E-state index contributed by atoms with van der Waals surface area (Å²) in [7, 11) is 0. The minimum atomic E-state index is 0.261. The molecule has 0 aromatic carbocycles. The normalized spacial score (nSPS) is 14.8. The molecule has 1 aromatic heterocycles. The highest BCUT2D eigenvalue weighted by atomic mass is 32.1. The fourth-order valence-electron chi connectivity index (χ4n) is 2.32. The number of hydrogen-bond acceptors (Lipinski definition) is 3. The molecule has 1 heterocycles. The zero-order valence-corrected chi connectivity index (χ0v) is 12.4. The smallest absolute Gasteiger partial charge is 0.0814 e. The number of hydrogen-bond donors (Lipinski definition) is 0. The van der Waals surface area contributed by atoms with Crippen molar-refractivity contribution in [3.63, 3.8) is 0 Å². The Morgan fingerprint density at radius 3 is 2.35 bits per heavy atom. The van der Waals surface area contributed by atoms with Crippen LogP contribution >= 0.6 is 11.5 Å². The van der Waals surface area contributed by atoms with Crippen molar-refractivity contribution in [3.8, 4) is 0 Å². The predicted octanol–water partition coefficient (Wildman–Crippen LogP) is 4.96. The van der Waals surface area contributed by atoms with E-state index in [9.17, 15) is 0 Å². The number of unbranched alkanes of at least 4 members (excludes halogenated alkanes) is 4. The third-order valence-electron chi connectivity index (χ3n) is 3.64. The molecule has 0 spiro atoms. The Hall–Kier alpha value is -0.440. The van der Waals surface area contributed by atoms with Gasteiger partial charge in [0.15, 0.2) is 0 Å². The van der Waals surface area contributed by atoms with Crippen LogP contribution in [-0.2, 0) is 5.41 Å². The summed E-state index contributed by atoms with van der Waals surface area (Å²) in [4.78, 5) is 0. The van der Waals surface area contributed by atoms with Gasteiger partial charge in [-0.1, -0.05) is 63.8 Å². The topological polar surface area (TPSA) is 25.8 Å². The summed E-state index contributed by atoms with van der Waals surface area (Å²) in [5.41, 5.74) is 1.48. The van der Waals surface area contributed by atoms with Crippen LogP contribution in [0, 0.1) is 0 Å². The fourth-order valence-corrected chi connectivity index (χ4v) is 2.93. The number of rotatable bonds is 9. The molecule has 0 saturated heterocycles. The molecule has 0 radical (unpaired) electrons. The maximum absolute atomic E-state index is 4.31. The third kappa shape index (κ3) is 4.74. The Bertz CT molecular complexity index is 284. The minimum absolute atomic E-state index is 0.261. The highest BCUT2D eigenvalue weighted by Gasteiger charge is 2.27. The van der Waals surface area contributed by atoms with Crippen molar-refractivity contribution in [2.45, 2.75) is 77.6 Å². The average Bonchev–Trinajstić information content (AvgIpc) is 2.86. The van der Waals surface area contributed by atoms with Gasteiger partial charge in [-0.05, 0) is 24.4 Å². The number of aromatic nitrogens is 2. The third-order valence-corrected chi connectivity index (χ3v) is 4.15. The molecule has 0 N–H and O–H groups in total. The molecule has 0 amide bonds. The first-order valence-corrected chi connectivity index (χ1v) is 7.84. The van der Waals surface area contributed by atoms with Crippen LogP contribution in [0.25, 0.3) is 0 Å². The van der Waals surface area contributed by atoms with Crippen molar-refractivity contribution in [1.82, 2.24) is 9.59 Å². The first kappa shape index (κ1) is 14.6. The van der Waals surface area contributed by atoms with Crippen molar-refractivity contribution < 1.29 is 0 Å². The molecule has 1 unspecified atom stereocenters. The Labute approximate surface area is 110 Å². The van der Waals surface area contributed by atoms with E-state index < -0.39 is 0 Å². The van der Waals surface area contributed by atoms with Gasteiger partial charge in [0.05, 0.1) is 5.69 Å². The molecule has 0 aliphatic heterocycles. The van der Waals surface area contributed by atoms with E-state index in [0.717, 1.165) is 0 Å². The Kier molecular flexibility index (Phi) is 6.71. The van der Waals surface area contributed by atoms with E-state index in [1.165, 1.54) is 68.6 Å². The van der Waals surface area contributed by atoms with Gasteiger partial charge in [-0.15, -0.1) is 5.10 Å². The number of nitrogens with zero attached hydrogens (tertiary/aromatic N) is 2. The maximum atomic E-state index is 4.31. The highest BCUT2D eigenvalue weighted by molar-refractivity contribution is 7.03. The first-order chi connectivity index (χ1) is 8.23. The van der Waals surface area contributed by atoms with Gasteiger partial charge >= 0.3 is 0 Å². The molecule has 0 bridgehead atoms. The van der Waals surface area contributed by atoms with E-state index in [1.807, 2.05) is 0 Å². The van der Waals surface area contributed by atoms with Crippen molar-refractivity contribution >= 4 is 11.5 Å². The standard InChI is InChI=1S/C14H26N2S/c1-4-6-8-9-11-14(3,10-7-5-2)13-12-17-16-15-13/h12H,4-11H2,1-3H3. The van der Waals surface area contributed by atoms with Crippen molar-refractivity contribution in [2.75, 3.05) is 0 Å². The van der Waals surface area contributed by atoms with Gasteiger partial charge in [0.2, 0.25) is 0 Å². The SMILES string of the molecule is CCCCCCC(C)(CCCC)c1csnn1. The average molecular weight is 254 g/mol. The summed E-state index contributed by atoms with van der Waals surface area (Å²) in [5, 5.41) is 6.44. The molecule has 0 saturated carbocycles. The first-order valence-electron chi connectivity index (χ1n) is 7.00. The van der Waals surface area contributed by atoms with Crippen LogP contribution in [0.1, 0.15) is 77.8 Å². The molecule has 2 nitrogen and oxygen atoms in total. The van der Waals surface area contributed by atoms with Gasteiger partial charge in [0.25, 0.3) is 0 Å². The summed E-state index contributed by atoms with van der Waals surface area (Å²) < 4.78 is 4.03. The van der Waals surface area contributed by atoms with E-state index in [2.05, 4.69) is 35.7 Å². The molecule has 1 rings (SSSR count). The molecule has 1 aromatic rings. The molecular formula is C14H26N2S. The molecule has 0 fully saturated rings. The summed E-state index contributed by atoms with van der Waals surface area (Å²) in [6.45, 7) is 6.89. The van der Waals surface area contributed by atoms with Crippen molar-refractivity contribution in [2.24, 2.45) is 0 Å². The van der Waals surface area contributed by atoms with Crippen LogP contribution in [-0.4, -0.2) is 9.59 Å². The zero-order valence-electron chi connectivity index (χ0n) is 11.5. The van der Waals surface area contributed by atoms with E-state index in [-0.39, 0.29) is 5.41 Å². The lowest BCUT2D eigenvalue weighted by atomic mass is 9.78. The maximum Gasteiger partial charge on any atom is 0.0814 e. The molecule has 0 aliphatic rings. The van der Waals surface area contributed by atoms with Crippen LogP contribution in [0.3, 0.4) is 0 Å². The summed E-state index contributed by atoms with van der Waals surface area (Å²) >= 11 is 1.48. The Morgan fingerprint density at radius 1 is 1.06 bits per heavy atom. The zero-order chi connectivity index (χ0) is 12.6. The van der Waals surface area contributed by atoms with E-state index >= 15 is 0 Å². The molecule has 1 atom stereocenters. The molecule has 3 heteroatoms. The molecule has 0 aliphatic carbocycles. The lowest BCUT2D eigenvalue weighted by molar-refractivity contribution is 0.359. The summed E-state index contributed by atoms with van der Waals surface area (Å²) in [6.07, 6.45) is 10.4. The van der Waals surface area contributed by atoms with E-state index in [0.29, 0.717) is 0 Å². The molecule has 98 valence electrons. The van der Waals surface area contributed by atoms with Crippen LogP contribution in [0.15, 0.2) is 5.38 Å². The van der Waals surface area contributed by atoms with Gasteiger partial charge in [0, 0.05) is 10.8 Å². The highest BCUT2D eigenvalue weighted by Crippen LogP contribution is 2.34. The van der Waals surface area contributed by atoms with E-state index in [4.69, 9.17) is 0 Å². The minimum Gasteiger partial charge on any atom is -0.143 e.